The van der Waals surface area contributed by atoms with E-state index in [9.17, 15) is 4.79 Å². The molecule has 3 rings (SSSR count). The minimum absolute atomic E-state index is 0.0522. The molecule has 0 radical (unpaired) electrons. The van der Waals surface area contributed by atoms with Crippen LogP contribution < -0.4 is 5.56 Å². The van der Waals surface area contributed by atoms with Gasteiger partial charge in [-0.15, -0.1) is 0 Å². The quantitative estimate of drug-likeness (QED) is 0.715. The highest BCUT2D eigenvalue weighted by Gasteiger charge is 2.15. The predicted octanol–water partition coefficient (Wildman–Crippen LogP) is 2.63. The summed E-state index contributed by atoms with van der Waals surface area (Å²) in [6.45, 7) is 3.91. The summed E-state index contributed by atoms with van der Waals surface area (Å²) in [5, 5.41) is 0. The molecule has 100 valence electrons. The van der Waals surface area contributed by atoms with Crippen molar-refractivity contribution in [2.45, 2.75) is 20.3 Å². The van der Waals surface area contributed by atoms with Crippen molar-refractivity contribution >= 4 is 5.65 Å². The van der Waals surface area contributed by atoms with Crippen LogP contribution >= 0.6 is 0 Å². The number of aromatic nitrogens is 3. The third kappa shape index (κ3) is 1.90. The number of rotatable bonds is 2. The maximum Gasteiger partial charge on any atom is 0.267 e. The predicted molar refractivity (Wildman–Crippen MR) is 78.8 cm³/mol. The van der Waals surface area contributed by atoms with Crippen LogP contribution in [-0.2, 0) is 6.42 Å². The highest BCUT2D eigenvalue weighted by Crippen LogP contribution is 2.18. The van der Waals surface area contributed by atoms with Crippen LogP contribution in [0.2, 0.25) is 0 Å². The zero-order valence-electron chi connectivity index (χ0n) is 11.5. The van der Waals surface area contributed by atoms with E-state index in [1.165, 1.54) is 0 Å². The van der Waals surface area contributed by atoms with Gasteiger partial charge in [0.25, 0.3) is 5.56 Å². The molecule has 0 amide bonds. The summed E-state index contributed by atoms with van der Waals surface area (Å²) in [6, 6.07) is 11.2. The molecule has 0 saturated heterocycles. The van der Waals surface area contributed by atoms with Crippen LogP contribution in [-0.4, -0.2) is 14.4 Å². The molecule has 4 heteroatoms. The van der Waals surface area contributed by atoms with Crippen molar-refractivity contribution < 1.29 is 0 Å². The summed E-state index contributed by atoms with van der Waals surface area (Å²) in [6.07, 6.45) is 2.40. The molecule has 0 spiro atoms. The van der Waals surface area contributed by atoms with E-state index < -0.39 is 0 Å². The van der Waals surface area contributed by atoms with Gasteiger partial charge < -0.3 is 0 Å². The molecule has 0 aliphatic heterocycles. The normalized spacial score (nSPS) is 10.9. The molecule has 3 heterocycles. The largest absolute Gasteiger partial charge is 0.268 e. The standard InChI is InChI=1S/C16H15N3O/c1-3-12-15(13-8-4-5-10-17-13)16(20)19-11(2)7-6-9-14(19)18-12/h4-10H,3H2,1-2H3. The van der Waals surface area contributed by atoms with Crippen molar-refractivity contribution in [2.75, 3.05) is 0 Å². The van der Waals surface area contributed by atoms with Gasteiger partial charge in [-0.2, -0.15) is 0 Å². The summed E-state index contributed by atoms with van der Waals surface area (Å²) in [4.78, 5) is 21.7. The SMILES string of the molecule is CCc1nc2cccc(C)n2c(=O)c1-c1ccccn1. The Morgan fingerprint density at radius 2 is 2.00 bits per heavy atom. The number of fused-ring (bicyclic) bond motifs is 1. The van der Waals surface area contributed by atoms with E-state index in [0.717, 1.165) is 11.4 Å². The molecule has 0 atom stereocenters. The van der Waals surface area contributed by atoms with E-state index in [1.54, 1.807) is 10.6 Å². The van der Waals surface area contributed by atoms with Gasteiger partial charge in [0.2, 0.25) is 0 Å². The lowest BCUT2D eigenvalue weighted by atomic mass is 10.1. The van der Waals surface area contributed by atoms with Gasteiger partial charge in [-0.05, 0) is 37.6 Å². The van der Waals surface area contributed by atoms with Crippen LogP contribution in [0.25, 0.3) is 16.9 Å². The molecule has 20 heavy (non-hydrogen) atoms. The van der Waals surface area contributed by atoms with Gasteiger partial charge in [-0.25, -0.2) is 4.98 Å². The summed E-state index contributed by atoms with van der Waals surface area (Å²) in [7, 11) is 0. The summed E-state index contributed by atoms with van der Waals surface area (Å²) in [5.41, 5.74) is 3.58. The average Bonchev–Trinajstić information content (AvgIpc) is 2.47. The molecule has 0 N–H and O–H groups in total. The molecule has 3 aromatic heterocycles. The van der Waals surface area contributed by atoms with Gasteiger partial charge in [0.15, 0.2) is 0 Å². The van der Waals surface area contributed by atoms with E-state index in [-0.39, 0.29) is 5.56 Å². The fourth-order valence-corrected chi connectivity index (χ4v) is 2.41. The maximum atomic E-state index is 12.8. The Morgan fingerprint density at radius 3 is 2.70 bits per heavy atom. The smallest absolute Gasteiger partial charge is 0.267 e. The zero-order valence-corrected chi connectivity index (χ0v) is 11.5. The van der Waals surface area contributed by atoms with Gasteiger partial charge in [0.1, 0.15) is 5.65 Å². The molecule has 4 nitrogen and oxygen atoms in total. The fraction of sp³-hybridized carbons (Fsp3) is 0.188. The Bertz CT molecular complexity index is 822. The van der Waals surface area contributed by atoms with Crippen LogP contribution in [0.15, 0.2) is 47.4 Å². The Morgan fingerprint density at radius 1 is 1.15 bits per heavy atom. The molecular formula is C16H15N3O. The van der Waals surface area contributed by atoms with E-state index >= 15 is 0 Å². The third-order valence-electron chi connectivity index (χ3n) is 3.38. The van der Waals surface area contributed by atoms with Crippen LogP contribution in [0.5, 0.6) is 0 Å². The van der Waals surface area contributed by atoms with E-state index in [1.807, 2.05) is 50.2 Å². The molecule has 0 saturated carbocycles. The minimum Gasteiger partial charge on any atom is -0.268 e. The Kier molecular flexibility index (Phi) is 3.06. The number of nitrogens with zero attached hydrogens (tertiary/aromatic N) is 3. The molecule has 0 unspecified atom stereocenters. The lowest BCUT2D eigenvalue weighted by molar-refractivity contribution is 0.940. The topological polar surface area (TPSA) is 47.3 Å². The average molecular weight is 265 g/mol. The fourth-order valence-electron chi connectivity index (χ4n) is 2.41. The van der Waals surface area contributed by atoms with Crippen LogP contribution in [0, 0.1) is 6.92 Å². The Hall–Kier alpha value is -2.49. The molecule has 0 aromatic carbocycles. The van der Waals surface area contributed by atoms with Gasteiger partial charge in [-0.1, -0.05) is 19.1 Å². The first kappa shape index (κ1) is 12.5. The number of aryl methyl sites for hydroxylation is 2. The summed E-state index contributed by atoms with van der Waals surface area (Å²) >= 11 is 0. The van der Waals surface area contributed by atoms with Crippen LogP contribution in [0.4, 0.5) is 0 Å². The maximum absolute atomic E-state index is 12.8. The third-order valence-corrected chi connectivity index (χ3v) is 3.38. The highest BCUT2D eigenvalue weighted by molar-refractivity contribution is 5.63. The van der Waals surface area contributed by atoms with Gasteiger partial charge in [-0.3, -0.25) is 14.2 Å². The van der Waals surface area contributed by atoms with E-state index in [4.69, 9.17) is 0 Å². The number of hydrogen-bond donors (Lipinski definition) is 0. The molecule has 0 aliphatic carbocycles. The van der Waals surface area contributed by atoms with E-state index in [0.29, 0.717) is 23.3 Å². The Balaban J connectivity index is 2.45. The lowest BCUT2D eigenvalue weighted by Gasteiger charge is -2.10. The second-order valence-electron chi connectivity index (χ2n) is 4.67. The monoisotopic (exact) mass is 265 g/mol. The summed E-state index contributed by atoms with van der Waals surface area (Å²) < 4.78 is 1.64. The second kappa shape index (κ2) is 4.89. The molecule has 0 fully saturated rings. The van der Waals surface area contributed by atoms with Gasteiger partial charge in [0, 0.05) is 11.9 Å². The summed E-state index contributed by atoms with van der Waals surface area (Å²) in [5.74, 6) is 0. The van der Waals surface area contributed by atoms with Crippen LogP contribution in [0.1, 0.15) is 18.3 Å². The highest BCUT2D eigenvalue weighted by atomic mass is 16.1. The molecule has 0 aliphatic rings. The second-order valence-corrected chi connectivity index (χ2v) is 4.67. The zero-order chi connectivity index (χ0) is 14.1. The number of hydrogen-bond acceptors (Lipinski definition) is 3. The molecular weight excluding hydrogens is 250 g/mol. The lowest BCUT2D eigenvalue weighted by Crippen LogP contribution is -2.21. The first-order valence-electron chi connectivity index (χ1n) is 6.65. The number of pyridine rings is 2. The van der Waals surface area contributed by atoms with Gasteiger partial charge >= 0.3 is 0 Å². The molecule has 3 aromatic rings. The van der Waals surface area contributed by atoms with Crippen molar-refractivity contribution in [2.24, 2.45) is 0 Å². The Labute approximate surface area is 116 Å². The van der Waals surface area contributed by atoms with Crippen molar-refractivity contribution in [1.29, 1.82) is 0 Å². The van der Waals surface area contributed by atoms with Crippen LogP contribution in [0.3, 0.4) is 0 Å². The van der Waals surface area contributed by atoms with Crippen molar-refractivity contribution in [1.82, 2.24) is 14.4 Å². The van der Waals surface area contributed by atoms with Crippen molar-refractivity contribution in [3.05, 3.63) is 64.3 Å². The molecule has 0 bridgehead atoms. The van der Waals surface area contributed by atoms with Crippen molar-refractivity contribution in [3.8, 4) is 11.3 Å². The van der Waals surface area contributed by atoms with Crippen molar-refractivity contribution in [3.63, 3.8) is 0 Å². The van der Waals surface area contributed by atoms with Gasteiger partial charge in [0.05, 0.1) is 17.0 Å². The minimum atomic E-state index is -0.0522. The first-order chi connectivity index (χ1) is 9.72. The van der Waals surface area contributed by atoms with E-state index in [2.05, 4.69) is 9.97 Å². The first-order valence-corrected chi connectivity index (χ1v) is 6.65.